The standard InChI is InChI=1S/C26H14N4/c27-14-16-5-8-21-22-9-6-17(15-28)12-26(22)30(25(21)11-16)18-7-10-20-19-3-1-2-4-23(19)29-24(20)13-18/h1-13,29H. The molecule has 0 spiro atoms. The molecule has 0 saturated heterocycles. The maximum atomic E-state index is 9.43. The van der Waals surface area contributed by atoms with E-state index in [-0.39, 0.29) is 0 Å². The largest absolute Gasteiger partial charge is 0.354 e. The molecular weight excluding hydrogens is 368 g/mol. The van der Waals surface area contributed by atoms with Gasteiger partial charge in [0.25, 0.3) is 0 Å². The number of nitriles is 2. The molecule has 4 heteroatoms. The van der Waals surface area contributed by atoms with Crippen molar-refractivity contribution in [3.05, 3.63) is 90.0 Å². The normalized spacial score (nSPS) is 11.3. The second-order valence-electron chi connectivity index (χ2n) is 7.42. The van der Waals surface area contributed by atoms with E-state index in [2.05, 4.69) is 52.0 Å². The molecule has 0 fully saturated rings. The molecular formula is C26H14N4. The highest BCUT2D eigenvalue weighted by molar-refractivity contribution is 6.11. The smallest absolute Gasteiger partial charge is 0.0992 e. The van der Waals surface area contributed by atoms with Crippen LogP contribution < -0.4 is 0 Å². The second-order valence-corrected chi connectivity index (χ2v) is 7.42. The van der Waals surface area contributed by atoms with Crippen molar-refractivity contribution in [2.75, 3.05) is 0 Å². The molecule has 0 aliphatic heterocycles. The van der Waals surface area contributed by atoms with Crippen molar-refractivity contribution in [2.24, 2.45) is 0 Å². The van der Waals surface area contributed by atoms with E-state index in [9.17, 15) is 10.5 Å². The SMILES string of the molecule is N#Cc1ccc2c3ccc(C#N)cc3n(-c3ccc4c(c3)[nH]c3ccccc34)c2c1. The summed E-state index contributed by atoms with van der Waals surface area (Å²) in [6.45, 7) is 0. The Kier molecular flexibility index (Phi) is 3.27. The van der Waals surface area contributed by atoms with Gasteiger partial charge >= 0.3 is 0 Å². The summed E-state index contributed by atoms with van der Waals surface area (Å²) in [5.74, 6) is 0. The number of rotatable bonds is 1. The van der Waals surface area contributed by atoms with Gasteiger partial charge in [-0.15, -0.1) is 0 Å². The van der Waals surface area contributed by atoms with Gasteiger partial charge in [-0.2, -0.15) is 10.5 Å². The first-order chi connectivity index (χ1) is 14.8. The maximum Gasteiger partial charge on any atom is 0.0992 e. The van der Waals surface area contributed by atoms with Crippen LogP contribution in [0.25, 0.3) is 49.3 Å². The van der Waals surface area contributed by atoms with Crippen LogP contribution in [-0.2, 0) is 0 Å². The molecule has 6 aromatic rings. The number of aromatic nitrogens is 2. The molecule has 0 unspecified atom stereocenters. The minimum Gasteiger partial charge on any atom is -0.354 e. The number of aromatic amines is 1. The Hall–Kier alpha value is -4.54. The van der Waals surface area contributed by atoms with Crippen LogP contribution in [0.15, 0.2) is 78.9 Å². The molecule has 4 nitrogen and oxygen atoms in total. The molecule has 0 aliphatic rings. The monoisotopic (exact) mass is 382 g/mol. The summed E-state index contributed by atoms with van der Waals surface area (Å²) in [5.41, 5.74) is 6.27. The van der Waals surface area contributed by atoms with Crippen molar-refractivity contribution in [1.82, 2.24) is 9.55 Å². The third kappa shape index (κ3) is 2.19. The van der Waals surface area contributed by atoms with E-state index < -0.39 is 0 Å². The highest BCUT2D eigenvalue weighted by atomic mass is 15.0. The Morgan fingerprint density at radius 3 is 1.87 bits per heavy atom. The van der Waals surface area contributed by atoms with E-state index >= 15 is 0 Å². The molecule has 0 saturated carbocycles. The molecule has 4 aromatic carbocycles. The van der Waals surface area contributed by atoms with Crippen LogP contribution >= 0.6 is 0 Å². The van der Waals surface area contributed by atoms with E-state index in [1.807, 2.05) is 48.5 Å². The zero-order chi connectivity index (χ0) is 20.2. The average Bonchev–Trinajstić information content (AvgIpc) is 3.32. The third-order valence-electron chi connectivity index (χ3n) is 5.77. The molecule has 0 bridgehead atoms. The zero-order valence-corrected chi connectivity index (χ0v) is 15.8. The topological polar surface area (TPSA) is 68.3 Å². The van der Waals surface area contributed by atoms with Crippen molar-refractivity contribution in [3.63, 3.8) is 0 Å². The molecule has 138 valence electrons. The van der Waals surface area contributed by atoms with Gasteiger partial charge in [0.1, 0.15) is 0 Å². The number of benzene rings is 4. The lowest BCUT2D eigenvalue weighted by Gasteiger charge is -2.08. The Bertz CT molecular complexity index is 1650. The summed E-state index contributed by atoms with van der Waals surface area (Å²) in [6.07, 6.45) is 0. The summed E-state index contributed by atoms with van der Waals surface area (Å²) < 4.78 is 2.14. The highest BCUT2D eigenvalue weighted by Gasteiger charge is 2.15. The summed E-state index contributed by atoms with van der Waals surface area (Å²) in [7, 11) is 0. The minimum absolute atomic E-state index is 0.610. The van der Waals surface area contributed by atoms with Crippen LogP contribution in [0.1, 0.15) is 11.1 Å². The van der Waals surface area contributed by atoms with Crippen molar-refractivity contribution in [3.8, 4) is 17.8 Å². The summed E-state index contributed by atoms with van der Waals surface area (Å²) in [6, 6.07) is 30.6. The fourth-order valence-corrected chi connectivity index (χ4v) is 4.42. The van der Waals surface area contributed by atoms with Gasteiger partial charge in [-0.3, -0.25) is 0 Å². The molecule has 2 aromatic heterocycles. The fourth-order valence-electron chi connectivity index (χ4n) is 4.42. The quantitative estimate of drug-likeness (QED) is 0.370. The van der Waals surface area contributed by atoms with E-state index in [1.54, 1.807) is 0 Å². The van der Waals surface area contributed by atoms with Gasteiger partial charge in [-0.05, 0) is 42.5 Å². The van der Waals surface area contributed by atoms with Gasteiger partial charge in [-0.25, -0.2) is 0 Å². The van der Waals surface area contributed by atoms with Crippen molar-refractivity contribution in [2.45, 2.75) is 0 Å². The number of para-hydroxylation sites is 1. The molecule has 1 N–H and O–H groups in total. The van der Waals surface area contributed by atoms with Gasteiger partial charge in [0.05, 0.1) is 34.3 Å². The summed E-state index contributed by atoms with van der Waals surface area (Å²) in [5, 5.41) is 23.3. The highest BCUT2D eigenvalue weighted by Crippen LogP contribution is 2.35. The predicted molar refractivity (Wildman–Crippen MR) is 120 cm³/mol. The number of nitrogens with zero attached hydrogens (tertiary/aromatic N) is 3. The Morgan fingerprint density at radius 1 is 0.600 bits per heavy atom. The van der Waals surface area contributed by atoms with Crippen molar-refractivity contribution >= 4 is 43.6 Å². The molecule has 6 rings (SSSR count). The molecule has 0 aliphatic carbocycles. The molecule has 0 radical (unpaired) electrons. The summed E-state index contributed by atoms with van der Waals surface area (Å²) >= 11 is 0. The van der Waals surface area contributed by atoms with Crippen molar-refractivity contribution in [1.29, 1.82) is 10.5 Å². The van der Waals surface area contributed by atoms with Gasteiger partial charge in [0.2, 0.25) is 0 Å². The van der Waals surface area contributed by atoms with Crippen molar-refractivity contribution < 1.29 is 0 Å². The van der Waals surface area contributed by atoms with Gasteiger partial charge < -0.3 is 9.55 Å². The van der Waals surface area contributed by atoms with Crippen LogP contribution in [0, 0.1) is 22.7 Å². The van der Waals surface area contributed by atoms with E-state index in [4.69, 9.17) is 0 Å². The van der Waals surface area contributed by atoms with Crippen LogP contribution in [0.3, 0.4) is 0 Å². The predicted octanol–water partition coefficient (Wildman–Crippen LogP) is 6.16. The first-order valence-corrected chi connectivity index (χ1v) is 9.66. The first kappa shape index (κ1) is 16.4. The fraction of sp³-hybridized carbons (Fsp3) is 0. The molecule has 2 heterocycles. The minimum atomic E-state index is 0.610. The van der Waals surface area contributed by atoms with Gasteiger partial charge in [-0.1, -0.05) is 36.4 Å². The van der Waals surface area contributed by atoms with Crippen LogP contribution in [0.5, 0.6) is 0 Å². The van der Waals surface area contributed by atoms with Crippen LogP contribution in [0.2, 0.25) is 0 Å². The third-order valence-corrected chi connectivity index (χ3v) is 5.77. The zero-order valence-electron chi connectivity index (χ0n) is 15.8. The van der Waals surface area contributed by atoms with Gasteiger partial charge in [0, 0.05) is 38.3 Å². The summed E-state index contributed by atoms with van der Waals surface area (Å²) in [4.78, 5) is 3.50. The lowest BCUT2D eigenvalue weighted by atomic mass is 10.1. The molecule has 0 amide bonds. The van der Waals surface area contributed by atoms with E-state index in [0.29, 0.717) is 11.1 Å². The number of H-pyrrole nitrogens is 1. The number of nitrogens with one attached hydrogen (secondary N) is 1. The lowest BCUT2D eigenvalue weighted by Crippen LogP contribution is -1.94. The first-order valence-electron chi connectivity index (χ1n) is 9.66. The Morgan fingerprint density at radius 2 is 1.20 bits per heavy atom. The van der Waals surface area contributed by atoms with E-state index in [1.165, 1.54) is 10.8 Å². The number of fused-ring (bicyclic) bond motifs is 6. The average molecular weight is 382 g/mol. The van der Waals surface area contributed by atoms with Crippen LogP contribution in [0.4, 0.5) is 0 Å². The molecule has 30 heavy (non-hydrogen) atoms. The molecule has 0 atom stereocenters. The second kappa shape index (κ2) is 5.98. The Labute approximate surface area is 171 Å². The van der Waals surface area contributed by atoms with Gasteiger partial charge in [0.15, 0.2) is 0 Å². The number of hydrogen-bond acceptors (Lipinski definition) is 2. The van der Waals surface area contributed by atoms with E-state index in [0.717, 1.165) is 38.5 Å². The maximum absolute atomic E-state index is 9.43. The van der Waals surface area contributed by atoms with Crippen LogP contribution in [-0.4, -0.2) is 9.55 Å². The lowest BCUT2D eigenvalue weighted by molar-refractivity contribution is 1.18. The Balaban J connectivity index is 1.74. The number of hydrogen-bond donors (Lipinski definition) is 1.